The summed E-state index contributed by atoms with van der Waals surface area (Å²) in [7, 11) is 0. The lowest BCUT2D eigenvalue weighted by atomic mass is 10.1. The molecule has 0 bridgehead atoms. The lowest BCUT2D eigenvalue weighted by molar-refractivity contribution is 0.189. The second-order valence-corrected chi connectivity index (χ2v) is 4.89. The van der Waals surface area contributed by atoms with Crippen molar-refractivity contribution in [1.29, 1.82) is 0 Å². The molecule has 0 spiro atoms. The van der Waals surface area contributed by atoms with Gasteiger partial charge in [-0.2, -0.15) is 0 Å². The second kappa shape index (κ2) is 13.4. The summed E-state index contributed by atoms with van der Waals surface area (Å²) in [5.74, 6) is -0.530. The average Bonchev–Trinajstić information content (AvgIpc) is 2.30. The Balaban J connectivity index is 2.96. The topological polar surface area (TPSA) is 40.5 Å². The van der Waals surface area contributed by atoms with E-state index < -0.39 is 5.95 Å². The van der Waals surface area contributed by atoms with Crippen LogP contribution in [0.4, 0.5) is 0 Å². The summed E-state index contributed by atoms with van der Waals surface area (Å²) in [6.07, 6.45) is 16.9. The van der Waals surface area contributed by atoms with Crippen molar-refractivity contribution in [3.05, 3.63) is 12.0 Å². The van der Waals surface area contributed by atoms with Crippen molar-refractivity contribution in [2.75, 3.05) is 0 Å². The van der Waals surface area contributed by atoms with Gasteiger partial charge in [0.25, 0.3) is 5.95 Å². The Morgan fingerprint density at radius 1 is 0.706 bits per heavy atom. The molecule has 0 aromatic carbocycles. The predicted molar refractivity (Wildman–Crippen MR) is 74.4 cm³/mol. The van der Waals surface area contributed by atoms with E-state index in [2.05, 4.69) is 6.92 Å². The number of allylic oxidation sites excluding steroid dienone is 1. The Morgan fingerprint density at radius 2 is 1.12 bits per heavy atom. The van der Waals surface area contributed by atoms with Gasteiger partial charge in [0.2, 0.25) is 0 Å². The molecule has 0 fully saturated rings. The van der Waals surface area contributed by atoms with Gasteiger partial charge in [0.15, 0.2) is 0 Å². The van der Waals surface area contributed by atoms with Crippen LogP contribution >= 0.6 is 0 Å². The van der Waals surface area contributed by atoms with E-state index in [0.29, 0.717) is 0 Å². The summed E-state index contributed by atoms with van der Waals surface area (Å²) in [6, 6.07) is 0. The summed E-state index contributed by atoms with van der Waals surface area (Å²) in [4.78, 5) is 0. The molecule has 0 atom stereocenters. The maximum Gasteiger partial charge on any atom is 0.269 e. The van der Waals surface area contributed by atoms with Gasteiger partial charge < -0.3 is 10.2 Å². The molecule has 0 rings (SSSR count). The molecule has 0 heterocycles. The lowest BCUT2D eigenvalue weighted by Gasteiger charge is -2.01. The Kier molecular flexibility index (Phi) is 12.9. The minimum atomic E-state index is -0.530. The highest BCUT2D eigenvalue weighted by molar-refractivity contribution is 4.78. The fraction of sp³-hybridized carbons (Fsp3) is 0.867. The Bertz CT molecular complexity index is 172. The smallest absolute Gasteiger partial charge is 0.269 e. The first kappa shape index (κ1) is 16.3. The van der Waals surface area contributed by atoms with Crippen molar-refractivity contribution in [2.24, 2.45) is 0 Å². The van der Waals surface area contributed by atoms with E-state index in [9.17, 15) is 0 Å². The first-order valence-corrected chi connectivity index (χ1v) is 7.35. The number of hydrogen-bond donors (Lipinski definition) is 2. The molecule has 0 aliphatic rings. The molecule has 2 nitrogen and oxygen atoms in total. The van der Waals surface area contributed by atoms with E-state index in [1.54, 1.807) is 0 Å². The molecule has 0 saturated heterocycles. The molecular weight excluding hydrogens is 212 g/mol. The predicted octanol–water partition coefficient (Wildman–Crippen LogP) is 5.64. The maximum atomic E-state index is 8.53. The van der Waals surface area contributed by atoms with Crippen LogP contribution < -0.4 is 0 Å². The van der Waals surface area contributed by atoms with Crippen molar-refractivity contribution in [2.45, 2.75) is 84.0 Å². The van der Waals surface area contributed by atoms with Crippen LogP contribution in [0.3, 0.4) is 0 Å². The van der Waals surface area contributed by atoms with E-state index in [4.69, 9.17) is 10.2 Å². The third kappa shape index (κ3) is 15.3. The van der Waals surface area contributed by atoms with E-state index in [-0.39, 0.29) is 0 Å². The highest BCUT2D eigenvalue weighted by atomic mass is 16.5. The quantitative estimate of drug-likeness (QED) is 0.343. The van der Waals surface area contributed by atoms with Gasteiger partial charge in [0.1, 0.15) is 0 Å². The molecule has 17 heavy (non-hydrogen) atoms. The monoisotopic (exact) mass is 242 g/mol. The molecule has 0 saturated carbocycles. The summed E-state index contributed by atoms with van der Waals surface area (Å²) >= 11 is 0. The molecule has 0 aromatic rings. The Labute approximate surface area is 107 Å². The summed E-state index contributed by atoms with van der Waals surface area (Å²) in [5, 5.41) is 17.1. The fourth-order valence-electron chi connectivity index (χ4n) is 2.04. The van der Waals surface area contributed by atoms with Gasteiger partial charge in [-0.25, -0.2) is 0 Å². The number of hydrogen-bond acceptors (Lipinski definition) is 2. The molecule has 0 radical (unpaired) electrons. The Hall–Kier alpha value is -0.660. The third-order valence-corrected chi connectivity index (χ3v) is 3.13. The van der Waals surface area contributed by atoms with Crippen molar-refractivity contribution < 1.29 is 10.2 Å². The number of rotatable bonds is 12. The zero-order valence-electron chi connectivity index (χ0n) is 11.5. The SMILES string of the molecule is CCCCCCCCCCCCCC=C(O)O. The highest BCUT2D eigenvalue weighted by Gasteiger charge is 1.93. The first-order valence-electron chi connectivity index (χ1n) is 7.35. The van der Waals surface area contributed by atoms with Crippen LogP contribution in [0.1, 0.15) is 84.0 Å². The number of unbranched alkanes of at least 4 members (excludes halogenated alkanes) is 11. The first-order chi connectivity index (χ1) is 8.27. The highest BCUT2D eigenvalue weighted by Crippen LogP contribution is 2.12. The van der Waals surface area contributed by atoms with E-state index in [1.165, 1.54) is 70.3 Å². The fourth-order valence-corrected chi connectivity index (χ4v) is 2.04. The molecular formula is C15H30O2. The normalized spacial score (nSPS) is 10.4. The van der Waals surface area contributed by atoms with Gasteiger partial charge in [0.05, 0.1) is 0 Å². The van der Waals surface area contributed by atoms with Crippen LogP contribution in [0.15, 0.2) is 12.0 Å². The third-order valence-electron chi connectivity index (χ3n) is 3.13. The van der Waals surface area contributed by atoms with Gasteiger partial charge in [-0.05, 0) is 18.9 Å². The average molecular weight is 242 g/mol. The van der Waals surface area contributed by atoms with Crippen LogP contribution in [0, 0.1) is 0 Å². The zero-order valence-corrected chi connectivity index (χ0v) is 11.5. The van der Waals surface area contributed by atoms with Gasteiger partial charge in [-0.3, -0.25) is 0 Å². The van der Waals surface area contributed by atoms with Crippen molar-refractivity contribution in [3.8, 4) is 0 Å². The van der Waals surface area contributed by atoms with Gasteiger partial charge in [-0.1, -0.05) is 71.1 Å². The van der Waals surface area contributed by atoms with Crippen molar-refractivity contribution in [1.82, 2.24) is 0 Å². The van der Waals surface area contributed by atoms with Crippen LogP contribution in [0.25, 0.3) is 0 Å². The summed E-state index contributed by atoms with van der Waals surface area (Å²) in [5.41, 5.74) is 0. The molecule has 102 valence electrons. The second-order valence-electron chi connectivity index (χ2n) is 4.89. The standard InChI is InChI=1S/C15H30O2/c1-2-3-4-5-6-7-8-9-10-11-12-13-14-15(16)17/h14,16-17H,2-13H2,1H3. The van der Waals surface area contributed by atoms with E-state index in [0.717, 1.165) is 12.8 Å². The molecule has 0 aliphatic carbocycles. The number of aliphatic hydroxyl groups excluding tert-OH is 1. The maximum absolute atomic E-state index is 8.53. The van der Waals surface area contributed by atoms with Crippen LogP contribution in [-0.4, -0.2) is 10.2 Å². The Morgan fingerprint density at radius 3 is 1.53 bits per heavy atom. The molecule has 0 aromatic heterocycles. The summed E-state index contributed by atoms with van der Waals surface area (Å²) in [6.45, 7) is 2.26. The van der Waals surface area contributed by atoms with Crippen LogP contribution in [0.2, 0.25) is 0 Å². The van der Waals surface area contributed by atoms with Crippen molar-refractivity contribution >= 4 is 0 Å². The van der Waals surface area contributed by atoms with Gasteiger partial charge in [-0.15, -0.1) is 0 Å². The molecule has 2 heteroatoms. The zero-order chi connectivity index (χ0) is 12.8. The van der Waals surface area contributed by atoms with Gasteiger partial charge in [0, 0.05) is 0 Å². The van der Waals surface area contributed by atoms with E-state index in [1.807, 2.05) is 0 Å². The molecule has 0 amide bonds. The summed E-state index contributed by atoms with van der Waals surface area (Å²) < 4.78 is 0. The minimum absolute atomic E-state index is 0.530. The number of aliphatic hydroxyl groups is 2. The van der Waals surface area contributed by atoms with Crippen LogP contribution in [-0.2, 0) is 0 Å². The van der Waals surface area contributed by atoms with Crippen LogP contribution in [0.5, 0.6) is 0 Å². The molecule has 0 unspecified atom stereocenters. The van der Waals surface area contributed by atoms with Crippen molar-refractivity contribution in [3.63, 3.8) is 0 Å². The van der Waals surface area contributed by atoms with Gasteiger partial charge >= 0.3 is 0 Å². The minimum Gasteiger partial charge on any atom is -0.481 e. The lowest BCUT2D eigenvalue weighted by Crippen LogP contribution is -1.82. The van der Waals surface area contributed by atoms with E-state index >= 15 is 0 Å². The largest absolute Gasteiger partial charge is 0.481 e. The molecule has 2 N–H and O–H groups in total. The molecule has 0 aliphatic heterocycles.